The predicted molar refractivity (Wildman–Crippen MR) is 83.4 cm³/mol. The summed E-state index contributed by atoms with van der Waals surface area (Å²) in [6, 6.07) is 0. The van der Waals surface area contributed by atoms with Crippen LogP contribution >= 0.6 is 15.9 Å². The molecule has 0 atom stereocenters. The molecule has 5 nitrogen and oxygen atoms in total. The van der Waals surface area contributed by atoms with Crippen LogP contribution in [0.3, 0.4) is 0 Å². The first kappa shape index (κ1) is 15.8. The van der Waals surface area contributed by atoms with E-state index in [9.17, 15) is 4.39 Å². The highest BCUT2D eigenvalue weighted by molar-refractivity contribution is 9.10. The van der Waals surface area contributed by atoms with Gasteiger partial charge < -0.3 is 15.2 Å². The highest BCUT2D eigenvalue weighted by Crippen LogP contribution is 2.44. The summed E-state index contributed by atoms with van der Waals surface area (Å²) in [5.74, 6) is 0.172. The van der Waals surface area contributed by atoms with Crippen LogP contribution in [-0.2, 0) is 5.41 Å². The van der Waals surface area contributed by atoms with Gasteiger partial charge in [-0.05, 0) is 15.9 Å². The van der Waals surface area contributed by atoms with Gasteiger partial charge in [-0.15, -0.1) is 0 Å². The summed E-state index contributed by atoms with van der Waals surface area (Å²) in [5.41, 5.74) is 5.98. The van der Waals surface area contributed by atoms with E-state index in [0.29, 0.717) is 15.8 Å². The quantitative estimate of drug-likeness (QED) is 0.891. The Kier molecular flexibility index (Phi) is 3.97. The number of ether oxygens (including phenoxy) is 2. The molecule has 0 saturated heterocycles. The van der Waals surface area contributed by atoms with Gasteiger partial charge in [0, 0.05) is 5.41 Å². The zero-order valence-electron chi connectivity index (χ0n) is 12.5. The Morgan fingerprint density at radius 2 is 1.67 bits per heavy atom. The molecule has 7 heteroatoms. The number of hydrogen-bond acceptors (Lipinski definition) is 5. The molecule has 2 rings (SSSR count). The smallest absolute Gasteiger partial charge is 0.198 e. The van der Waals surface area contributed by atoms with Crippen LogP contribution < -0.4 is 15.2 Å². The minimum atomic E-state index is -0.634. The summed E-state index contributed by atoms with van der Waals surface area (Å²) in [5, 5.41) is 0.118. The minimum Gasteiger partial charge on any atom is -0.492 e. The summed E-state index contributed by atoms with van der Waals surface area (Å²) in [7, 11) is 2.79. The third-order valence-corrected chi connectivity index (χ3v) is 3.78. The number of halogens is 2. The third kappa shape index (κ3) is 2.50. The molecule has 0 fully saturated rings. The molecule has 0 radical (unpaired) electrons. The summed E-state index contributed by atoms with van der Waals surface area (Å²) >= 11 is 3.39. The SMILES string of the molecule is COc1c(OC)c(F)c2c(N)nc(C(C)(C)C)nc2c1Br. The van der Waals surface area contributed by atoms with Crippen LogP contribution in [0.2, 0.25) is 0 Å². The largest absolute Gasteiger partial charge is 0.492 e. The van der Waals surface area contributed by atoms with E-state index in [-0.39, 0.29) is 28.1 Å². The van der Waals surface area contributed by atoms with Crippen molar-refractivity contribution in [1.29, 1.82) is 0 Å². The van der Waals surface area contributed by atoms with E-state index in [0.717, 1.165) is 0 Å². The maximum atomic E-state index is 14.6. The third-order valence-electron chi connectivity index (χ3n) is 3.05. The predicted octanol–water partition coefficient (Wildman–Crippen LogP) is 3.43. The van der Waals surface area contributed by atoms with Gasteiger partial charge >= 0.3 is 0 Å². The van der Waals surface area contributed by atoms with Gasteiger partial charge in [-0.1, -0.05) is 20.8 Å². The lowest BCUT2D eigenvalue weighted by molar-refractivity contribution is 0.338. The van der Waals surface area contributed by atoms with E-state index < -0.39 is 5.82 Å². The van der Waals surface area contributed by atoms with Crippen molar-refractivity contribution in [3.63, 3.8) is 0 Å². The number of aromatic nitrogens is 2. The van der Waals surface area contributed by atoms with Gasteiger partial charge in [-0.2, -0.15) is 0 Å². The fourth-order valence-corrected chi connectivity index (χ4v) is 2.60. The molecule has 1 aromatic carbocycles. The van der Waals surface area contributed by atoms with E-state index in [1.807, 2.05) is 20.8 Å². The van der Waals surface area contributed by atoms with Gasteiger partial charge in [-0.3, -0.25) is 0 Å². The summed E-state index contributed by atoms with van der Waals surface area (Å²) in [4.78, 5) is 8.65. The van der Waals surface area contributed by atoms with Crippen molar-refractivity contribution in [3.05, 3.63) is 16.1 Å². The lowest BCUT2D eigenvalue weighted by Crippen LogP contribution is -2.17. The number of benzene rings is 1. The van der Waals surface area contributed by atoms with Crippen molar-refractivity contribution < 1.29 is 13.9 Å². The van der Waals surface area contributed by atoms with Crippen molar-refractivity contribution in [3.8, 4) is 11.5 Å². The normalized spacial score (nSPS) is 11.8. The fraction of sp³-hybridized carbons (Fsp3) is 0.429. The van der Waals surface area contributed by atoms with E-state index >= 15 is 0 Å². The number of anilines is 1. The second-order valence-corrected chi connectivity index (χ2v) is 6.39. The zero-order chi connectivity index (χ0) is 15.9. The molecule has 2 N–H and O–H groups in total. The Morgan fingerprint density at radius 1 is 1.10 bits per heavy atom. The highest BCUT2D eigenvalue weighted by Gasteiger charge is 2.26. The topological polar surface area (TPSA) is 70.3 Å². The average Bonchev–Trinajstić information content (AvgIpc) is 2.40. The molecule has 1 heterocycles. The van der Waals surface area contributed by atoms with Gasteiger partial charge in [0.25, 0.3) is 0 Å². The van der Waals surface area contributed by atoms with Crippen LogP contribution in [-0.4, -0.2) is 24.2 Å². The first-order valence-electron chi connectivity index (χ1n) is 6.29. The van der Waals surface area contributed by atoms with Crippen molar-refractivity contribution >= 4 is 32.7 Å². The molecule has 0 aliphatic rings. The number of nitrogens with zero attached hydrogens (tertiary/aromatic N) is 2. The van der Waals surface area contributed by atoms with E-state index in [2.05, 4.69) is 25.9 Å². The molecule has 0 bridgehead atoms. The molecule has 0 aliphatic carbocycles. The van der Waals surface area contributed by atoms with Crippen molar-refractivity contribution in [2.75, 3.05) is 20.0 Å². The van der Waals surface area contributed by atoms with Crippen molar-refractivity contribution in [1.82, 2.24) is 9.97 Å². The van der Waals surface area contributed by atoms with Gasteiger partial charge in [0.2, 0.25) is 0 Å². The molecule has 114 valence electrons. The summed E-state index contributed by atoms with van der Waals surface area (Å²) in [6.07, 6.45) is 0. The number of hydrogen-bond donors (Lipinski definition) is 1. The number of methoxy groups -OCH3 is 2. The summed E-state index contributed by atoms with van der Waals surface area (Å²) < 4.78 is 25.4. The number of nitrogens with two attached hydrogens (primary N) is 1. The molecule has 0 amide bonds. The van der Waals surface area contributed by atoms with Crippen LogP contribution in [0.5, 0.6) is 11.5 Å². The molecule has 21 heavy (non-hydrogen) atoms. The Morgan fingerprint density at radius 3 is 2.14 bits per heavy atom. The van der Waals surface area contributed by atoms with Gasteiger partial charge in [0.1, 0.15) is 11.6 Å². The summed E-state index contributed by atoms with van der Waals surface area (Å²) in [6.45, 7) is 5.87. The number of fused-ring (bicyclic) bond motifs is 1. The Hall–Kier alpha value is -1.63. The first-order valence-corrected chi connectivity index (χ1v) is 7.08. The van der Waals surface area contributed by atoms with Crippen LogP contribution in [0.4, 0.5) is 10.2 Å². The van der Waals surface area contributed by atoms with E-state index in [1.54, 1.807) is 0 Å². The lowest BCUT2D eigenvalue weighted by Gasteiger charge is -2.19. The molecule has 0 unspecified atom stereocenters. The Labute approximate surface area is 130 Å². The Balaban J connectivity index is 2.97. The van der Waals surface area contributed by atoms with Crippen LogP contribution in [0.15, 0.2) is 4.47 Å². The fourth-order valence-electron chi connectivity index (χ4n) is 1.97. The zero-order valence-corrected chi connectivity index (χ0v) is 14.1. The molecule has 2 aromatic rings. The van der Waals surface area contributed by atoms with Crippen LogP contribution in [0.25, 0.3) is 10.9 Å². The molecule has 0 spiro atoms. The van der Waals surface area contributed by atoms with Crippen molar-refractivity contribution in [2.45, 2.75) is 26.2 Å². The van der Waals surface area contributed by atoms with Gasteiger partial charge in [-0.25, -0.2) is 14.4 Å². The molecule has 1 aromatic heterocycles. The maximum absolute atomic E-state index is 14.6. The molecule has 0 aliphatic heterocycles. The highest BCUT2D eigenvalue weighted by atomic mass is 79.9. The standard InChI is InChI=1S/C14H17BrFN3O2/c1-14(2,3)13-18-9-6(12(17)19-13)8(16)11(21-5)10(20-4)7(9)15/h1-5H3,(H2,17,18,19). The number of nitrogen functional groups attached to an aromatic ring is 1. The molecular weight excluding hydrogens is 341 g/mol. The molecule has 0 saturated carbocycles. The van der Waals surface area contributed by atoms with Crippen LogP contribution in [0, 0.1) is 5.82 Å². The van der Waals surface area contributed by atoms with Gasteiger partial charge in [0.05, 0.1) is 29.6 Å². The first-order chi connectivity index (χ1) is 9.72. The van der Waals surface area contributed by atoms with Crippen molar-refractivity contribution in [2.24, 2.45) is 0 Å². The van der Waals surface area contributed by atoms with Gasteiger partial charge in [0.15, 0.2) is 17.3 Å². The van der Waals surface area contributed by atoms with E-state index in [4.69, 9.17) is 15.2 Å². The second-order valence-electron chi connectivity index (χ2n) is 5.60. The minimum absolute atomic E-state index is 0.0318. The maximum Gasteiger partial charge on any atom is 0.198 e. The van der Waals surface area contributed by atoms with Crippen LogP contribution in [0.1, 0.15) is 26.6 Å². The molecular formula is C14H17BrFN3O2. The van der Waals surface area contributed by atoms with E-state index in [1.165, 1.54) is 14.2 Å². The monoisotopic (exact) mass is 357 g/mol. The average molecular weight is 358 g/mol. The lowest BCUT2D eigenvalue weighted by atomic mass is 9.95. The Bertz CT molecular complexity index is 714. The second kappa shape index (κ2) is 5.29. The number of rotatable bonds is 2.